The van der Waals surface area contributed by atoms with Gasteiger partial charge in [0.25, 0.3) is 11.8 Å². The third-order valence-electron chi connectivity index (χ3n) is 4.64. The fourth-order valence-corrected chi connectivity index (χ4v) is 3.22. The van der Waals surface area contributed by atoms with Crippen molar-refractivity contribution in [3.05, 3.63) is 65.2 Å². The Hall–Kier alpha value is -2.99. The lowest BCUT2D eigenvalue weighted by Crippen LogP contribution is -2.54. The number of rotatable bonds is 4. The Morgan fingerprint density at radius 2 is 1.61 bits per heavy atom. The summed E-state index contributed by atoms with van der Waals surface area (Å²) in [5.74, 6) is -0.525. The van der Waals surface area contributed by atoms with Gasteiger partial charge in [-0.2, -0.15) is 0 Å². The van der Waals surface area contributed by atoms with Gasteiger partial charge in [0.05, 0.1) is 5.69 Å². The molecule has 1 aliphatic rings. The molecule has 0 unspecified atom stereocenters. The van der Waals surface area contributed by atoms with Gasteiger partial charge in [0.2, 0.25) is 0 Å². The first-order valence-electron chi connectivity index (χ1n) is 9.06. The molecular weight excluding hydrogens is 370 g/mol. The summed E-state index contributed by atoms with van der Waals surface area (Å²) in [6, 6.07) is 15.2. The van der Waals surface area contributed by atoms with Crippen LogP contribution in [0.5, 0.6) is 0 Å². The van der Waals surface area contributed by atoms with Crippen LogP contribution < -0.4 is 15.1 Å². The highest BCUT2D eigenvalue weighted by Crippen LogP contribution is 2.25. The summed E-state index contributed by atoms with van der Waals surface area (Å²) in [6.07, 6.45) is 1.59. The molecule has 28 heavy (non-hydrogen) atoms. The zero-order chi connectivity index (χ0) is 20.4. The molecule has 5 nitrogen and oxygen atoms in total. The summed E-state index contributed by atoms with van der Waals surface area (Å²) in [5, 5.41) is 2.71. The molecular formula is C22H23N3O2S. The highest BCUT2D eigenvalue weighted by Gasteiger charge is 2.34. The van der Waals surface area contributed by atoms with E-state index < -0.39 is 11.8 Å². The highest BCUT2D eigenvalue weighted by molar-refractivity contribution is 7.80. The molecule has 0 saturated carbocycles. The molecule has 3 rings (SSSR count). The zero-order valence-corrected chi connectivity index (χ0v) is 17.2. The lowest BCUT2D eigenvalue weighted by atomic mass is 10.0. The van der Waals surface area contributed by atoms with Crippen LogP contribution in [0.4, 0.5) is 11.4 Å². The van der Waals surface area contributed by atoms with Crippen LogP contribution in [0.1, 0.15) is 30.9 Å². The van der Waals surface area contributed by atoms with Gasteiger partial charge in [0, 0.05) is 19.8 Å². The molecule has 144 valence electrons. The van der Waals surface area contributed by atoms with Crippen molar-refractivity contribution in [1.29, 1.82) is 0 Å². The molecule has 1 N–H and O–H groups in total. The number of nitrogens with zero attached hydrogens (tertiary/aromatic N) is 2. The predicted molar refractivity (Wildman–Crippen MR) is 118 cm³/mol. The molecule has 0 atom stereocenters. The Bertz CT molecular complexity index is 945. The highest BCUT2D eigenvalue weighted by atomic mass is 32.1. The van der Waals surface area contributed by atoms with Crippen LogP contribution in [0.2, 0.25) is 0 Å². The molecule has 2 aromatic rings. The van der Waals surface area contributed by atoms with E-state index in [1.807, 2.05) is 67.5 Å². The lowest BCUT2D eigenvalue weighted by Gasteiger charge is -2.29. The number of anilines is 2. The molecule has 0 radical (unpaired) electrons. The molecule has 0 bridgehead atoms. The Labute approximate surface area is 170 Å². The maximum atomic E-state index is 13.0. The van der Waals surface area contributed by atoms with Crippen molar-refractivity contribution >= 4 is 46.6 Å². The number of hydrogen-bond donors (Lipinski definition) is 1. The van der Waals surface area contributed by atoms with E-state index in [-0.39, 0.29) is 10.7 Å². The van der Waals surface area contributed by atoms with Gasteiger partial charge in [-0.3, -0.25) is 19.8 Å². The largest absolute Gasteiger partial charge is 0.378 e. The summed E-state index contributed by atoms with van der Waals surface area (Å²) in [5.41, 5.74) is 3.66. The SMILES string of the molecule is CC(C)c1ccc(N2C(=O)/C(=C\c3ccc(N(C)C)cc3)C(=O)NC2=S)cc1. The summed E-state index contributed by atoms with van der Waals surface area (Å²) >= 11 is 5.25. The van der Waals surface area contributed by atoms with Crippen LogP contribution in [0.3, 0.4) is 0 Å². The number of carbonyl (C=O) groups is 2. The van der Waals surface area contributed by atoms with Gasteiger partial charge in [0.15, 0.2) is 5.11 Å². The maximum Gasteiger partial charge on any atom is 0.270 e. The van der Waals surface area contributed by atoms with Crippen molar-refractivity contribution in [1.82, 2.24) is 5.32 Å². The van der Waals surface area contributed by atoms with Crippen LogP contribution >= 0.6 is 12.2 Å². The molecule has 0 aliphatic carbocycles. The van der Waals surface area contributed by atoms with Crippen molar-refractivity contribution in [3.63, 3.8) is 0 Å². The van der Waals surface area contributed by atoms with E-state index >= 15 is 0 Å². The van der Waals surface area contributed by atoms with Crippen LogP contribution in [-0.4, -0.2) is 31.0 Å². The summed E-state index contributed by atoms with van der Waals surface area (Å²) in [6.45, 7) is 4.21. The van der Waals surface area contributed by atoms with Gasteiger partial charge in [-0.05, 0) is 59.6 Å². The first-order chi connectivity index (χ1) is 13.3. The van der Waals surface area contributed by atoms with E-state index in [2.05, 4.69) is 19.2 Å². The minimum absolute atomic E-state index is 0.0548. The molecule has 0 aromatic heterocycles. The Balaban J connectivity index is 1.93. The van der Waals surface area contributed by atoms with E-state index in [1.54, 1.807) is 6.08 Å². The van der Waals surface area contributed by atoms with E-state index in [9.17, 15) is 9.59 Å². The summed E-state index contributed by atoms with van der Waals surface area (Å²) in [4.78, 5) is 28.8. The second kappa shape index (κ2) is 7.94. The molecule has 6 heteroatoms. The van der Waals surface area contributed by atoms with Gasteiger partial charge in [-0.15, -0.1) is 0 Å². The van der Waals surface area contributed by atoms with Crippen molar-refractivity contribution in [3.8, 4) is 0 Å². The van der Waals surface area contributed by atoms with Gasteiger partial charge in [0.1, 0.15) is 5.57 Å². The number of amides is 2. The lowest BCUT2D eigenvalue weighted by molar-refractivity contribution is -0.122. The van der Waals surface area contributed by atoms with E-state index in [4.69, 9.17) is 12.2 Å². The maximum absolute atomic E-state index is 13.0. The predicted octanol–water partition coefficient (Wildman–Crippen LogP) is 3.71. The van der Waals surface area contributed by atoms with Crippen LogP contribution in [-0.2, 0) is 9.59 Å². The number of nitrogens with one attached hydrogen (secondary N) is 1. The fourth-order valence-electron chi connectivity index (χ4n) is 2.94. The number of carbonyl (C=O) groups excluding carboxylic acids is 2. The van der Waals surface area contributed by atoms with Crippen molar-refractivity contribution in [2.45, 2.75) is 19.8 Å². The third-order valence-corrected chi connectivity index (χ3v) is 4.92. The molecule has 0 spiro atoms. The standard InChI is InChI=1S/C22H23N3O2S/c1-14(2)16-7-11-18(12-8-16)25-21(27)19(20(26)23-22(25)28)13-15-5-9-17(10-6-15)24(3)4/h5-14H,1-4H3,(H,23,26,28)/b19-13-. The molecule has 1 heterocycles. The van der Waals surface area contributed by atoms with Gasteiger partial charge in [-0.1, -0.05) is 38.1 Å². The van der Waals surface area contributed by atoms with Crippen molar-refractivity contribution < 1.29 is 9.59 Å². The van der Waals surface area contributed by atoms with Crippen molar-refractivity contribution in [2.75, 3.05) is 23.9 Å². The minimum Gasteiger partial charge on any atom is -0.378 e. The molecule has 1 fully saturated rings. The Morgan fingerprint density at radius 3 is 2.14 bits per heavy atom. The van der Waals surface area contributed by atoms with E-state index in [1.165, 1.54) is 10.5 Å². The third kappa shape index (κ3) is 3.97. The van der Waals surface area contributed by atoms with Crippen LogP contribution in [0.25, 0.3) is 6.08 Å². The number of thiocarbonyl (C=S) groups is 1. The fraction of sp³-hybridized carbons (Fsp3) is 0.227. The van der Waals surface area contributed by atoms with E-state index in [0.717, 1.165) is 11.3 Å². The van der Waals surface area contributed by atoms with Crippen LogP contribution in [0.15, 0.2) is 54.1 Å². The molecule has 2 amide bonds. The van der Waals surface area contributed by atoms with Crippen LogP contribution in [0, 0.1) is 0 Å². The zero-order valence-electron chi connectivity index (χ0n) is 16.4. The Kier molecular flexibility index (Phi) is 5.61. The molecule has 1 aliphatic heterocycles. The topological polar surface area (TPSA) is 52.7 Å². The van der Waals surface area contributed by atoms with Crippen molar-refractivity contribution in [2.24, 2.45) is 0 Å². The quantitative estimate of drug-likeness (QED) is 0.489. The normalized spacial score (nSPS) is 16.0. The van der Waals surface area contributed by atoms with Gasteiger partial charge >= 0.3 is 0 Å². The average Bonchev–Trinajstić information content (AvgIpc) is 2.65. The number of hydrogen-bond acceptors (Lipinski definition) is 4. The average molecular weight is 394 g/mol. The number of benzene rings is 2. The summed E-state index contributed by atoms with van der Waals surface area (Å²) < 4.78 is 0. The second-order valence-corrected chi connectivity index (χ2v) is 7.58. The smallest absolute Gasteiger partial charge is 0.270 e. The Morgan fingerprint density at radius 1 is 1.00 bits per heavy atom. The molecule has 2 aromatic carbocycles. The second-order valence-electron chi connectivity index (χ2n) is 7.19. The van der Waals surface area contributed by atoms with Gasteiger partial charge < -0.3 is 4.90 Å². The summed E-state index contributed by atoms with van der Waals surface area (Å²) in [7, 11) is 3.91. The van der Waals surface area contributed by atoms with E-state index in [0.29, 0.717) is 11.6 Å². The molecule has 1 saturated heterocycles. The van der Waals surface area contributed by atoms with Gasteiger partial charge in [-0.25, -0.2) is 0 Å². The minimum atomic E-state index is -0.485. The first-order valence-corrected chi connectivity index (χ1v) is 9.47. The monoisotopic (exact) mass is 393 g/mol. The first kappa shape index (κ1) is 19.8.